The maximum absolute atomic E-state index is 13.4. The summed E-state index contributed by atoms with van der Waals surface area (Å²) < 4.78 is 11.3. The van der Waals surface area contributed by atoms with Crippen LogP contribution in [0.1, 0.15) is 44.0 Å². The molecular formula is C30H36N4O6. The van der Waals surface area contributed by atoms with Crippen LogP contribution in [0.3, 0.4) is 0 Å². The van der Waals surface area contributed by atoms with Crippen molar-refractivity contribution in [1.29, 1.82) is 0 Å². The Morgan fingerprint density at radius 1 is 0.975 bits per heavy atom. The second-order valence-electron chi connectivity index (χ2n) is 10.6. The van der Waals surface area contributed by atoms with E-state index in [1.807, 2.05) is 18.2 Å². The van der Waals surface area contributed by atoms with Gasteiger partial charge in [-0.15, -0.1) is 0 Å². The molecule has 3 aromatic rings. The minimum Gasteiger partial charge on any atom is -0.507 e. The number of nitrogens with zero attached hydrogens (tertiary/aromatic N) is 4. The SMILES string of the molecule is CN1CCN(CCCOc2ccc3c(c2)CN(C(=O)c2cc(C(=O)N(C)Cc4ccco4)c(O)cc2O)C3)CC1. The monoisotopic (exact) mass is 548 g/mol. The van der Waals surface area contributed by atoms with E-state index >= 15 is 0 Å². The van der Waals surface area contributed by atoms with Gasteiger partial charge >= 0.3 is 0 Å². The molecule has 40 heavy (non-hydrogen) atoms. The van der Waals surface area contributed by atoms with Crippen LogP contribution in [0.4, 0.5) is 0 Å². The minimum atomic E-state index is -0.498. The van der Waals surface area contributed by atoms with Crippen LogP contribution in [-0.2, 0) is 19.6 Å². The maximum Gasteiger partial charge on any atom is 0.258 e. The zero-order valence-corrected chi connectivity index (χ0v) is 23.0. The number of phenolic OH excluding ortho intramolecular Hbond substituents is 2. The van der Waals surface area contributed by atoms with Crippen molar-refractivity contribution < 1.29 is 29.0 Å². The van der Waals surface area contributed by atoms with Crippen molar-refractivity contribution in [3.05, 3.63) is 76.7 Å². The fourth-order valence-electron chi connectivity index (χ4n) is 5.16. The predicted molar refractivity (Wildman–Crippen MR) is 148 cm³/mol. The number of hydrogen-bond donors (Lipinski definition) is 2. The number of phenols is 2. The van der Waals surface area contributed by atoms with Crippen LogP contribution >= 0.6 is 0 Å². The van der Waals surface area contributed by atoms with E-state index in [0.717, 1.165) is 62.1 Å². The lowest BCUT2D eigenvalue weighted by Gasteiger charge is -2.32. The van der Waals surface area contributed by atoms with Crippen LogP contribution in [0.15, 0.2) is 53.1 Å². The molecule has 10 heteroatoms. The van der Waals surface area contributed by atoms with Crippen molar-refractivity contribution in [3.63, 3.8) is 0 Å². The molecule has 0 unspecified atom stereocenters. The third-order valence-electron chi connectivity index (χ3n) is 7.57. The zero-order chi connectivity index (χ0) is 28.2. The van der Waals surface area contributed by atoms with Crippen molar-refractivity contribution in [2.24, 2.45) is 0 Å². The lowest BCUT2D eigenvalue weighted by molar-refractivity contribution is 0.0748. The van der Waals surface area contributed by atoms with E-state index in [-0.39, 0.29) is 23.4 Å². The molecule has 2 amide bonds. The molecule has 5 rings (SSSR count). The van der Waals surface area contributed by atoms with Gasteiger partial charge in [0.25, 0.3) is 11.8 Å². The van der Waals surface area contributed by atoms with E-state index in [1.54, 1.807) is 24.1 Å². The molecule has 3 heterocycles. The van der Waals surface area contributed by atoms with Crippen LogP contribution in [0.2, 0.25) is 0 Å². The lowest BCUT2D eigenvalue weighted by atomic mass is 10.1. The summed E-state index contributed by atoms with van der Waals surface area (Å²) in [5.74, 6) is -0.351. The highest BCUT2D eigenvalue weighted by atomic mass is 16.5. The average Bonchev–Trinajstić information content (AvgIpc) is 3.61. The van der Waals surface area contributed by atoms with Crippen LogP contribution < -0.4 is 4.74 Å². The number of hydrogen-bond acceptors (Lipinski definition) is 8. The number of carbonyl (C=O) groups is 2. The summed E-state index contributed by atoms with van der Waals surface area (Å²) in [5, 5.41) is 20.9. The number of piperazine rings is 1. The maximum atomic E-state index is 13.4. The van der Waals surface area contributed by atoms with E-state index in [4.69, 9.17) is 9.15 Å². The molecule has 0 bridgehead atoms. The van der Waals surface area contributed by atoms with E-state index in [9.17, 15) is 19.8 Å². The van der Waals surface area contributed by atoms with Crippen LogP contribution in [0.25, 0.3) is 0 Å². The third-order valence-corrected chi connectivity index (χ3v) is 7.57. The highest BCUT2D eigenvalue weighted by molar-refractivity contribution is 6.03. The molecule has 0 spiro atoms. The van der Waals surface area contributed by atoms with E-state index in [0.29, 0.717) is 25.5 Å². The minimum absolute atomic E-state index is 0.0410. The van der Waals surface area contributed by atoms with Crippen molar-refractivity contribution in [3.8, 4) is 17.2 Å². The Labute approximate surface area is 234 Å². The molecule has 1 saturated heterocycles. The Bertz CT molecular complexity index is 1350. The van der Waals surface area contributed by atoms with Gasteiger partial charge in [0.05, 0.1) is 30.5 Å². The van der Waals surface area contributed by atoms with Gasteiger partial charge in [-0.25, -0.2) is 0 Å². The lowest BCUT2D eigenvalue weighted by Crippen LogP contribution is -2.44. The largest absolute Gasteiger partial charge is 0.507 e. The molecule has 2 aliphatic heterocycles. The normalized spacial score (nSPS) is 15.7. The zero-order valence-electron chi connectivity index (χ0n) is 23.0. The van der Waals surface area contributed by atoms with Gasteiger partial charge < -0.3 is 39.0 Å². The Morgan fingerprint density at radius 3 is 2.48 bits per heavy atom. The number of fused-ring (bicyclic) bond motifs is 1. The Hall–Kier alpha value is -4.02. The Kier molecular flexibility index (Phi) is 8.27. The summed E-state index contributed by atoms with van der Waals surface area (Å²) in [6.07, 6.45) is 2.46. The fourth-order valence-corrected chi connectivity index (χ4v) is 5.16. The summed E-state index contributed by atoms with van der Waals surface area (Å²) in [7, 11) is 3.72. The summed E-state index contributed by atoms with van der Waals surface area (Å²) in [4.78, 5) is 34.2. The first-order chi connectivity index (χ1) is 19.3. The Morgan fingerprint density at radius 2 is 1.73 bits per heavy atom. The molecule has 0 atom stereocenters. The number of likely N-dealkylation sites (N-methyl/N-ethyl adjacent to an activating group) is 1. The number of furan rings is 1. The second kappa shape index (κ2) is 12.0. The van der Waals surface area contributed by atoms with E-state index in [2.05, 4.69) is 16.8 Å². The highest BCUT2D eigenvalue weighted by Crippen LogP contribution is 2.33. The number of amides is 2. The van der Waals surface area contributed by atoms with Crippen LogP contribution in [0.5, 0.6) is 17.2 Å². The molecule has 0 radical (unpaired) electrons. The first-order valence-electron chi connectivity index (χ1n) is 13.6. The summed E-state index contributed by atoms with van der Waals surface area (Å²) in [6.45, 7) is 6.94. The standard InChI is InChI=1S/C30H36N4O6/c1-31-9-11-33(12-10-31)8-4-14-39-23-7-6-21-18-34(19-22(21)15-23)30(38)26-16-25(27(35)17-28(26)36)29(37)32(2)20-24-5-3-13-40-24/h3,5-7,13,15-17,35-36H,4,8-12,14,18-20H2,1-2H3. The van der Waals surface area contributed by atoms with E-state index < -0.39 is 17.6 Å². The number of carbonyl (C=O) groups excluding carboxylic acids is 2. The first kappa shape index (κ1) is 27.5. The fraction of sp³-hybridized carbons (Fsp3) is 0.400. The Balaban J connectivity index is 1.19. The molecular weight excluding hydrogens is 512 g/mol. The quantitative estimate of drug-likeness (QED) is 0.393. The molecule has 0 aliphatic carbocycles. The topological polar surface area (TPSA) is 110 Å². The smallest absolute Gasteiger partial charge is 0.258 e. The van der Waals surface area contributed by atoms with Gasteiger partial charge in [0, 0.05) is 58.9 Å². The van der Waals surface area contributed by atoms with Gasteiger partial charge in [-0.3, -0.25) is 9.59 Å². The van der Waals surface area contributed by atoms with Gasteiger partial charge in [-0.1, -0.05) is 6.07 Å². The van der Waals surface area contributed by atoms with E-state index in [1.165, 1.54) is 17.2 Å². The molecule has 1 aromatic heterocycles. The first-order valence-corrected chi connectivity index (χ1v) is 13.6. The molecule has 2 aromatic carbocycles. The van der Waals surface area contributed by atoms with Crippen molar-refractivity contribution >= 4 is 11.8 Å². The van der Waals surface area contributed by atoms with Crippen molar-refractivity contribution in [2.45, 2.75) is 26.1 Å². The number of ether oxygens (including phenoxy) is 1. The predicted octanol–water partition coefficient (Wildman–Crippen LogP) is 3.14. The number of rotatable bonds is 9. The summed E-state index contributed by atoms with van der Waals surface area (Å²) in [6, 6.07) is 11.6. The molecule has 0 saturated carbocycles. The second-order valence-corrected chi connectivity index (χ2v) is 10.6. The van der Waals surface area contributed by atoms with Crippen molar-refractivity contribution in [2.75, 3.05) is 53.4 Å². The molecule has 2 N–H and O–H groups in total. The summed E-state index contributed by atoms with van der Waals surface area (Å²) >= 11 is 0. The van der Waals surface area contributed by atoms with Crippen LogP contribution in [-0.4, -0.2) is 95.1 Å². The van der Waals surface area contributed by atoms with Gasteiger partial charge in [0.15, 0.2) is 0 Å². The average molecular weight is 549 g/mol. The third kappa shape index (κ3) is 6.24. The van der Waals surface area contributed by atoms with Gasteiger partial charge in [-0.05, 0) is 54.9 Å². The molecule has 212 valence electrons. The molecule has 10 nitrogen and oxygen atoms in total. The van der Waals surface area contributed by atoms with Gasteiger partial charge in [0.1, 0.15) is 23.0 Å². The molecule has 1 fully saturated rings. The van der Waals surface area contributed by atoms with Crippen molar-refractivity contribution in [1.82, 2.24) is 19.6 Å². The van der Waals surface area contributed by atoms with Gasteiger partial charge in [-0.2, -0.15) is 0 Å². The number of benzene rings is 2. The van der Waals surface area contributed by atoms with Crippen LogP contribution in [0, 0.1) is 0 Å². The molecule has 2 aliphatic rings. The summed E-state index contributed by atoms with van der Waals surface area (Å²) in [5.41, 5.74) is 1.88. The highest BCUT2D eigenvalue weighted by Gasteiger charge is 2.29. The number of aromatic hydroxyl groups is 2. The van der Waals surface area contributed by atoms with Gasteiger partial charge in [0.2, 0.25) is 0 Å².